The quantitative estimate of drug-likeness (QED) is 0.856. The zero-order valence-electron chi connectivity index (χ0n) is 11.4. The lowest BCUT2D eigenvalue weighted by atomic mass is 10.1. The maximum atomic E-state index is 13.1. The second kappa shape index (κ2) is 5.33. The molecule has 2 aromatic carbocycles. The molecule has 3 N–H and O–H groups in total. The van der Waals surface area contributed by atoms with E-state index in [1.54, 1.807) is 19.9 Å². The molecule has 0 fully saturated rings. The topological polar surface area (TPSA) is 72.2 Å². The largest absolute Gasteiger partial charge is 0.399 e. The molecule has 0 atom stereocenters. The van der Waals surface area contributed by atoms with Gasteiger partial charge < -0.3 is 5.73 Å². The van der Waals surface area contributed by atoms with Crippen LogP contribution in [0.15, 0.2) is 35.2 Å². The Morgan fingerprint density at radius 3 is 2.14 bits per heavy atom. The van der Waals surface area contributed by atoms with Gasteiger partial charge in [-0.15, -0.1) is 0 Å². The van der Waals surface area contributed by atoms with E-state index in [4.69, 9.17) is 5.73 Å². The van der Waals surface area contributed by atoms with Crippen LogP contribution in [0.5, 0.6) is 0 Å². The van der Waals surface area contributed by atoms with Crippen molar-refractivity contribution in [3.63, 3.8) is 0 Å². The minimum atomic E-state index is -3.99. The molecule has 4 nitrogen and oxygen atoms in total. The van der Waals surface area contributed by atoms with E-state index in [2.05, 4.69) is 4.72 Å². The summed E-state index contributed by atoms with van der Waals surface area (Å²) in [5, 5.41) is 0. The zero-order valence-corrected chi connectivity index (χ0v) is 12.3. The highest BCUT2D eigenvalue weighted by Gasteiger charge is 2.19. The smallest absolute Gasteiger partial charge is 0.262 e. The van der Waals surface area contributed by atoms with Gasteiger partial charge in [-0.25, -0.2) is 17.2 Å². The number of anilines is 2. The van der Waals surface area contributed by atoms with Gasteiger partial charge >= 0.3 is 0 Å². The highest BCUT2D eigenvalue weighted by Crippen LogP contribution is 2.25. The van der Waals surface area contributed by atoms with Gasteiger partial charge in [0.1, 0.15) is 11.6 Å². The van der Waals surface area contributed by atoms with Crippen LogP contribution in [0.2, 0.25) is 0 Å². The third-order valence-corrected chi connectivity index (χ3v) is 4.55. The normalized spacial score (nSPS) is 11.4. The van der Waals surface area contributed by atoms with E-state index in [1.165, 1.54) is 6.07 Å². The summed E-state index contributed by atoms with van der Waals surface area (Å²) in [4.78, 5) is -0.0235. The van der Waals surface area contributed by atoms with Crippen LogP contribution in [0.3, 0.4) is 0 Å². The van der Waals surface area contributed by atoms with E-state index in [9.17, 15) is 17.2 Å². The Morgan fingerprint density at radius 1 is 1.00 bits per heavy atom. The van der Waals surface area contributed by atoms with Gasteiger partial charge in [0.2, 0.25) is 0 Å². The van der Waals surface area contributed by atoms with Gasteiger partial charge in [-0.2, -0.15) is 0 Å². The molecule has 0 heterocycles. The van der Waals surface area contributed by atoms with E-state index in [0.717, 1.165) is 12.1 Å². The van der Waals surface area contributed by atoms with Crippen molar-refractivity contribution in [2.75, 3.05) is 10.5 Å². The van der Waals surface area contributed by atoms with Gasteiger partial charge in [-0.05, 0) is 49.2 Å². The molecule has 0 aliphatic rings. The number of aryl methyl sites for hydroxylation is 1. The lowest BCUT2D eigenvalue weighted by Gasteiger charge is -2.13. The SMILES string of the molecule is Cc1cc(N)cc(S(=O)(=O)Nc2cc(F)cc(F)c2)c1C. The van der Waals surface area contributed by atoms with Crippen molar-refractivity contribution in [1.82, 2.24) is 0 Å². The predicted octanol–water partition coefficient (Wildman–Crippen LogP) is 2.96. The summed E-state index contributed by atoms with van der Waals surface area (Å²) >= 11 is 0. The first-order valence-corrected chi connectivity index (χ1v) is 7.53. The number of nitrogens with two attached hydrogens (primary N) is 1. The lowest BCUT2D eigenvalue weighted by molar-refractivity contribution is 0.584. The van der Waals surface area contributed by atoms with Gasteiger partial charge in [0.05, 0.1) is 10.6 Å². The molecule has 0 saturated heterocycles. The standard InChI is InChI=1S/C14H14F2N2O2S/c1-8-3-12(17)7-14(9(8)2)21(19,20)18-13-5-10(15)4-11(16)6-13/h3-7,18H,17H2,1-2H3. The average Bonchev–Trinajstić information content (AvgIpc) is 2.31. The first kappa shape index (κ1) is 15.2. The number of rotatable bonds is 3. The maximum absolute atomic E-state index is 13.1. The number of benzene rings is 2. The minimum Gasteiger partial charge on any atom is -0.399 e. The third-order valence-electron chi connectivity index (χ3n) is 3.05. The Hall–Kier alpha value is -2.15. The first-order chi connectivity index (χ1) is 9.69. The van der Waals surface area contributed by atoms with E-state index < -0.39 is 21.7 Å². The van der Waals surface area contributed by atoms with E-state index in [1.807, 2.05) is 0 Å². The summed E-state index contributed by atoms with van der Waals surface area (Å²) in [6, 6.07) is 5.41. The molecular weight excluding hydrogens is 298 g/mol. The summed E-state index contributed by atoms with van der Waals surface area (Å²) < 4.78 is 53.1. The number of nitrogens with one attached hydrogen (secondary N) is 1. The maximum Gasteiger partial charge on any atom is 0.262 e. The molecule has 2 rings (SSSR count). The van der Waals surface area contributed by atoms with Crippen LogP contribution in [-0.2, 0) is 10.0 Å². The molecule has 0 aliphatic heterocycles. The van der Waals surface area contributed by atoms with Crippen molar-refractivity contribution in [2.24, 2.45) is 0 Å². The summed E-state index contributed by atoms with van der Waals surface area (Å²) in [7, 11) is -3.99. The number of hydrogen-bond acceptors (Lipinski definition) is 3. The van der Waals surface area contributed by atoms with Crippen LogP contribution < -0.4 is 10.5 Å². The average molecular weight is 312 g/mol. The fourth-order valence-electron chi connectivity index (χ4n) is 1.96. The fraction of sp³-hybridized carbons (Fsp3) is 0.143. The van der Waals surface area contributed by atoms with Crippen molar-refractivity contribution >= 4 is 21.4 Å². The van der Waals surface area contributed by atoms with Gasteiger partial charge in [0, 0.05) is 11.8 Å². The van der Waals surface area contributed by atoms with Crippen molar-refractivity contribution in [3.05, 3.63) is 53.1 Å². The summed E-state index contributed by atoms with van der Waals surface area (Å²) in [6.07, 6.45) is 0. The first-order valence-electron chi connectivity index (χ1n) is 6.04. The summed E-state index contributed by atoms with van der Waals surface area (Å²) in [5.41, 5.74) is 6.99. The van der Waals surface area contributed by atoms with Crippen molar-refractivity contribution in [2.45, 2.75) is 18.7 Å². The van der Waals surface area contributed by atoms with Gasteiger partial charge in [-0.3, -0.25) is 4.72 Å². The lowest BCUT2D eigenvalue weighted by Crippen LogP contribution is -2.15. The molecule has 0 amide bonds. The van der Waals surface area contributed by atoms with E-state index in [0.29, 0.717) is 22.9 Å². The number of halogens is 2. The fourth-order valence-corrected chi connectivity index (χ4v) is 3.35. The van der Waals surface area contributed by atoms with Crippen molar-refractivity contribution in [3.8, 4) is 0 Å². The van der Waals surface area contributed by atoms with Crippen LogP contribution in [0.4, 0.5) is 20.2 Å². The predicted molar refractivity (Wildman–Crippen MR) is 77.5 cm³/mol. The van der Waals surface area contributed by atoms with Crippen LogP contribution in [0.25, 0.3) is 0 Å². The van der Waals surface area contributed by atoms with Crippen molar-refractivity contribution in [1.29, 1.82) is 0 Å². The second-order valence-corrected chi connectivity index (χ2v) is 6.38. The van der Waals surface area contributed by atoms with Crippen LogP contribution in [0, 0.1) is 25.5 Å². The number of hydrogen-bond donors (Lipinski definition) is 2. The Morgan fingerprint density at radius 2 is 1.57 bits per heavy atom. The van der Waals surface area contributed by atoms with Gasteiger partial charge in [0.15, 0.2) is 0 Å². The Labute approximate surface area is 121 Å². The van der Waals surface area contributed by atoms with Gasteiger partial charge in [0.25, 0.3) is 10.0 Å². The van der Waals surface area contributed by atoms with E-state index in [-0.39, 0.29) is 10.6 Å². The Balaban J connectivity index is 2.48. The zero-order chi connectivity index (χ0) is 15.8. The Kier molecular flexibility index (Phi) is 3.87. The molecule has 0 aromatic heterocycles. The van der Waals surface area contributed by atoms with Crippen LogP contribution >= 0.6 is 0 Å². The van der Waals surface area contributed by atoms with Gasteiger partial charge in [-0.1, -0.05) is 0 Å². The molecule has 0 spiro atoms. The Bertz CT molecular complexity index is 785. The van der Waals surface area contributed by atoms with E-state index >= 15 is 0 Å². The van der Waals surface area contributed by atoms with Crippen LogP contribution in [-0.4, -0.2) is 8.42 Å². The molecule has 0 bridgehead atoms. The number of nitrogen functional groups attached to an aromatic ring is 1. The minimum absolute atomic E-state index is 0.0235. The molecular formula is C14H14F2N2O2S. The van der Waals surface area contributed by atoms with Crippen molar-refractivity contribution < 1.29 is 17.2 Å². The monoisotopic (exact) mass is 312 g/mol. The second-order valence-electron chi connectivity index (χ2n) is 4.72. The molecule has 21 heavy (non-hydrogen) atoms. The molecule has 7 heteroatoms. The molecule has 0 radical (unpaired) electrons. The highest BCUT2D eigenvalue weighted by molar-refractivity contribution is 7.92. The molecule has 2 aromatic rings. The number of sulfonamides is 1. The summed E-state index contributed by atoms with van der Waals surface area (Å²) in [5.74, 6) is -1.73. The molecule has 0 aliphatic carbocycles. The molecule has 112 valence electrons. The van der Waals surface area contributed by atoms with Crippen LogP contribution in [0.1, 0.15) is 11.1 Å². The third kappa shape index (κ3) is 3.30. The molecule has 0 unspecified atom stereocenters. The molecule has 0 saturated carbocycles. The highest BCUT2D eigenvalue weighted by atomic mass is 32.2. The summed E-state index contributed by atoms with van der Waals surface area (Å²) in [6.45, 7) is 3.36.